The summed E-state index contributed by atoms with van der Waals surface area (Å²) in [5.74, 6) is 0. The van der Waals surface area contributed by atoms with E-state index < -0.39 is 0 Å². The Balaban J connectivity index is 1.96. The lowest BCUT2D eigenvalue weighted by Gasteiger charge is -2.16. The van der Waals surface area contributed by atoms with Crippen LogP contribution in [0.5, 0.6) is 0 Å². The molecule has 0 fully saturated rings. The summed E-state index contributed by atoms with van der Waals surface area (Å²) in [4.78, 5) is 1.31. The second kappa shape index (κ2) is 7.13. The highest BCUT2D eigenvalue weighted by Crippen LogP contribution is 2.23. The van der Waals surface area contributed by atoms with Crippen LogP contribution >= 0.6 is 27.7 Å². The molecule has 100 valence electrons. The summed E-state index contributed by atoms with van der Waals surface area (Å²) >= 11 is 5.37. The SMILES string of the molecule is CSc1ccc(CN[C@@H](C)c2ccccc2Br)cc1. The molecule has 0 aliphatic carbocycles. The molecule has 1 N–H and O–H groups in total. The number of halogens is 1. The molecule has 0 saturated heterocycles. The number of hydrogen-bond acceptors (Lipinski definition) is 2. The first-order valence-corrected chi connectivity index (χ1v) is 8.33. The van der Waals surface area contributed by atoms with E-state index in [1.807, 2.05) is 6.07 Å². The lowest BCUT2D eigenvalue weighted by atomic mass is 10.1. The van der Waals surface area contributed by atoms with Crippen molar-refractivity contribution in [2.24, 2.45) is 0 Å². The first kappa shape index (κ1) is 14.6. The Morgan fingerprint density at radius 2 is 1.79 bits per heavy atom. The standard InChI is InChI=1S/C16H18BrNS/c1-12(15-5-3-4-6-16(15)17)18-11-13-7-9-14(19-2)10-8-13/h3-10,12,18H,11H2,1-2H3/t12-/m0/s1. The fraction of sp³-hybridized carbons (Fsp3) is 0.250. The van der Waals surface area contributed by atoms with Crippen molar-refractivity contribution in [2.75, 3.05) is 6.26 Å². The highest BCUT2D eigenvalue weighted by atomic mass is 79.9. The predicted octanol–water partition coefficient (Wildman–Crippen LogP) is 5.02. The van der Waals surface area contributed by atoms with Crippen molar-refractivity contribution in [1.29, 1.82) is 0 Å². The fourth-order valence-corrected chi connectivity index (χ4v) is 2.99. The van der Waals surface area contributed by atoms with Crippen LogP contribution in [0.15, 0.2) is 57.9 Å². The zero-order valence-corrected chi connectivity index (χ0v) is 13.6. The van der Waals surface area contributed by atoms with Gasteiger partial charge >= 0.3 is 0 Å². The van der Waals surface area contributed by atoms with Crippen LogP contribution in [0.25, 0.3) is 0 Å². The summed E-state index contributed by atoms with van der Waals surface area (Å²) in [6.45, 7) is 3.08. The molecule has 1 nitrogen and oxygen atoms in total. The molecule has 0 radical (unpaired) electrons. The summed E-state index contributed by atoms with van der Waals surface area (Å²) in [7, 11) is 0. The zero-order chi connectivity index (χ0) is 13.7. The van der Waals surface area contributed by atoms with Crippen LogP contribution in [0.4, 0.5) is 0 Å². The van der Waals surface area contributed by atoms with Crippen LogP contribution in [-0.4, -0.2) is 6.26 Å². The highest BCUT2D eigenvalue weighted by Gasteiger charge is 2.07. The topological polar surface area (TPSA) is 12.0 Å². The first-order chi connectivity index (χ1) is 9.20. The maximum Gasteiger partial charge on any atom is 0.0306 e. The van der Waals surface area contributed by atoms with Crippen molar-refractivity contribution < 1.29 is 0 Å². The fourth-order valence-electron chi connectivity index (χ4n) is 1.95. The normalized spacial score (nSPS) is 12.4. The van der Waals surface area contributed by atoms with E-state index in [1.54, 1.807) is 11.8 Å². The van der Waals surface area contributed by atoms with Crippen molar-refractivity contribution in [2.45, 2.75) is 24.4 Å². The van der Waals surface area contributed by atoms with Gasteiger partial charge in [-0.3, -0.25) is 0 Å². The Morgan fingerprint density at radius 3 is 2.42 bits per heavy atom. The molecule has 0 saturated carbocycles. The van der Waals surface area contributed by atoms with Gasteiger partial charge in [0, 0.05) is 22.0 Å². The smallest absolute Gasteiger partial charge is 0.0306 e. The molecule has 3 heteroatoms. The number of thioether (sulfide) groups is 1. The molecule has 0 aliphatic heterocycles. The van der Waals surface area contributed by atoms with Crippen LogP contribution in [0.2, 0.25) is 0 Å². The molecular weight excluding hydrogens is 318 g/mol. The molecule has 0 amide bonds. The summed E-state index contributed by atoms with van der Waals surface area (Å²) in [5, 5.41) is 3.56. The Labute approximate surface area is 127 Å². The summed E-state index contributed by atoms with van der Waals surface area (Å²) in [6.07, 6.45) is 2.10. The van der Waals surface area contributed by atoms with Crippen molar-refractivity contribution in [3.8, 4) is 0 Å². The van der Waals surface area contributed by atoms with Crippen LogP contribution < -0.4 is 5.32 Å². The molecule has 0 bridgehead atoms. The van der Waals surface area contributed by atoms with Gasteiger partial charge in [-0.15, -0.1) is 11.8 Å². The van der Waals surface area contributed by atoms with Crippen molar-refractivity contribution in [3.05, 3.63) is 64.1 Å². The minimum Gasteiger partial charge on any atom is -0.306 e. The van der Waals surface area contributed by atoms with E-state index in [4.69, 9.17) is 0 Å². The van der Waals surface area contributed by atoms with Crippen molar-refractivity contribution >= 4 is 27.7 Å². The van der Waals surface area contributed by atoms with Gasteiger partial charge in [-0.1, -0.05) is 46.3 Å². The lowest BCUT2D eigenvalue weighted by molar-refractivity contribution is 0.572. The molecule has 2 aromatic carbocycles. The van der Waals surface area contributed by atoms with Crippen molar-refractivity contribution in [1.82, 2.24) is 5.32 Å². The largest absolute Gasteiger partial charge is 0.306 e. The molecule has 19 heavy (non-hydrogen) atoms. The minimum atomic E-state index is 0.329. The van der Waals surface area contributed by atoms with Crippen LogP contribution in [0, 0.1) is 0 Å². The van der Waals surface area contributed by atoms with Crippen LogP contribution in [-0.2, 0) is 6.54 Å². The third-order valence-electron chi connectivity index (χ3n) is 3.14. The maximum absolute atomic E-state index is 3.60. The van der Waals surface area contributed by atoms with Gasteiger partial charge in [-0.25, -0.2) is 0 Å². The minimum absolute atomic E-state index is 0.329. The van der Waals surface area contributed by atoms with Gasteiger partial charge in [0.05, 0.1) is 0 Å². The van der Waals surface area contributed by atoms with E-state index in [2.05, 4.69) is 76.9 Å². The second-order valence-corrected chi connectivity index (χ2v) is 6.21. The molecule has 0 spiro atoms. The highest BCUT2D eigenvalue weighted by molar-refractivity contribution is 9.10. The molecule has 0 aliphatic rings. The van der Waals surface area contributed by atoms with E-state index in [9.17, 15) is 0 Å². The molecule has 0 heterocycles. The summed E-state index contributed by atoms with van der Waals surface area (Å²) in [6, 6.07) is 17.4. The number of rotatable bonds is 5. The summed E-state index contributed by atoms with van der Waals surface area (Å²) in [5.41, 5.74) is 2.61. The van der Waals surface area contributed by atoms with E-state index in [0.717, 1.165) is 11.0 Å². The lowest BCUT2D eigenvalue weighted by Crippen LogP contribution is -2.18. The number of nitrogens with one attached hydrogen (secondary N) is 1. The van der Waals surface area contributed by atoms with Gasteiger partial charge in [-0.2, -0.15) is 0 Å². The Hall–Kier alpha value is -0.770. The molecule has 2 aromatic rings. The number of benzene rings is 2. The van der Waals surface area contributed by atoms with Crippen LogP contribution in [0.1, 0.15) is 24.1 Å². The third kappa shape index (κ3) is 4.10. The second-order valence-electron chi connectivity index (χ2n) is 4.47. The van der Waals surface area contributed by atoms with E-state index >= 15 is 0 Å². The maximum atomic E-state index is 3.60. The van der Waals surface area contributed by atoms with E-state index in [0.29, 0.717) is 6.04 Å². The van der Waals surface area contributed by atoms with Crippen LogP contribution in [0.3, 0.4) is 0 Å². The van der Waals surface area contributed by atoms with Gasteiger partial charge in [0.15, 0.2) is 0 Å². The molecule has 1 atom stereocenters. The zero-order valence-electron chi connectivity index (χ0n) is 11.2. The Bertz CT molecular complexity index is 525. The van der Waals surface area contributed by atoms with Gasteiger partial charge in [0.25, 0.3) is 0 Å². The average molecular weight is 336 g/mol. The molecule has 2 rings (SSSR count). The monoisotopic (exact) mass is 335 g/mol. The van der Waals surface area contributed by atoms with E-state index in [1.165, 1.54) is 16.0 Å². The van der Waals surface area contributed by atoms with Gasteiger partial charge < -0.3 is 5.32 Å². The molecule has 0 aromatic heterocycles. The predicted molar refractivity (Wildman–Crippen MR) is 87.6 cm³/mol. The number of hydrogen-bond donors (Lipinski definition) is 1. The third-order valence-corrected chi connectivity index (χ3v) is 4.61. The van der Waals surface area contributed by atoms with Gasteiger partial charge in [-0.05, 0) is 42.5 Å². The Morgan fingerprint density at radius 1 is 1.11 bits per heavy atom. The average Bonchev–Trinajstić information content (AvgIpc) is 2.46. The first-order valence-electron chi connectivity index (χ1n) is 6.31. The van der Waals surface area contributed by atoms with Crippen molar-refractivity contribution in [3.63, 3.8) is 0 Å². The summed E-state index contributed by atoms with van der Waals surface area (Å²) < 4.78 is 1.16. The van der Waals surface area contributed by atoms with Gasteiger partial charge in [0.1, 0.15) is 0 Å². The molecular formula is C16H18BrNS. The van der Waals surface area contributed by atoms with Gasteiger partial charge in [0.2, 0.25) is 0 Å². The quantitative estimate of drug-likeness (QED) is 0.769. The Kier molecular flexibility index (Phi) is 5.49. The molecule has 0 unspecified atom stereocenters. The van der Waals surface area contributed by atoms with E-state index in [-0.39, 0.29) is 0 Å².